The fourth-order valence-corrected chi connectivity index (χ4v) is 2.96. The third-order valence-electron chi connectivity index (χ3n) is 4.21. The fourth-order valence-electron chi connectivity index (χ4n) is 2.72. The lowest BCUT2D eigenvalue weighted by atomic mass is 9.90. The number of alkyl halides is 7. The molecule has 29 heavy (non-hydrogen) atoms. The lowest BCUT2D eigenvalue weighted by molar-refractivity contribution is -0.348. The van der Waals surface area contributed by atoms with Crippen LogP contribution in [0.25, 0.3) is 0 Å². The number of hydrogen-bond donors (Lipinski definition) is 2. The quantitative estimate of drug-likeness (QED) is 0.401. The van der Waals surface area contributed by atoms with Crippen molar-refractivity contribution in [3.8, 4) is 0 Å². The Morgan fingerprint density at radius 1 is 0.931 bits per heavy atom. The zero-order chi connectivity index (χ0) is 22.4. The number of aryl methyl sites for hydroxylation is 2. The third-order valence-corrected chi connectivity index (χ3v) is 4.93. The molecule has 0 fully saturated rings. The number of hydrogen-bond acceptors (Lipinski definition) is 2. The highest BCUT2D eigenvalue weighted by molar-refractivity contribution is 9.10. The summed E-state index contributed by atoms with van der Waals surface area (Å²) in [4.78, 5) is 12.4. The molecule has 0 aliphatic heterocycles. The SMILES string of the molecule is Cc1cc(C(F)(C(F)(F)F)C(F)(F)F)cc(C)c1NC(=O)c1ccc(Br)c(N)c1. The van der Waals surface area contributed by atoms with Gasteiger partial charge in [0.2, 0.25) is 0 Å². The minimum absolute atomic E-state index is 0.0352. The zero-order valence-electron chi connectivity index (χ0n) is 14.9. The zero-order valence-corrected chi connectivity index (χ0v) is 16.5. The maximum Gasteiger partial charge on any atom is 0.435 e. The van der Waals surface area contributed by atoms with Crippen LogP contribution in [0, 0.1) is 13.8 Å². The molecular formula is C18H14BrF7N2O. The molecule has 0 unspecified atom stereocenters. The average Bonchev–Trinajstić information content (AvgIpc) is 2.57. The molecule has 0 spiro atoms. The van der Waals surface area contributed by atoms with E-state index in [0.717, 1.165) is 13.8 Å². The summed E-state index contributed by atoms with van der Waals surface area (Å²) in [6, 6.07) is 5.07. The van der Waals surface area contributed by atoms with Gasteiger partial charge in [0, 0.05) is 27.0 Å². The van der Waals surface area contributed by atoms with Crippen LogP contribution >= 0.6 is 15.9 Å². The van der Waals surface area contributed by atoms with Gasteiger partial charge in [-0.05, 0) is 59.1 Å². The summed E-state index contributed by atoms with van der Waals surface area (Å²) in [6.45, 7) is 2.32. The molecule has 2 aromatic carbocycles. The van der Waals surface area contributed by atoms with E-state index in [1.54, 1.807) is 0 Å². The van der Waals surface area contributed by atoms with E-state index in [2.05, 4.69) is 21.2 Å². The van der Waals surface area contributed by atoms with Crippen LogP contribution in [-0.2, 0) is 5.67 Å². The van der Waals surface area contributed by atoms with E-state index in [0.29, 0.717) is 16.6 Å². The number of amides is 1. The molecule has 0 atom stereocenters. The molecular weight excluding hydrogens is 473 g/mol. The number of nitrogens with two attached hydrogens (primary N) is 1. The summed E-state index contributed by atoms with van der Waals surface area (Å²) in [7, 11) is 0. The maximum absolute atomic E-state index is 14.3. The molecule has 0 radical (unpaired) electrons. The Hall–Kier alpha value is -2.30. The summed E-state index contributed by atoms with van der Waals surface area (Å²) in [5.41, 5.74) is -1.50. The molecule has 158 valence electrons. The van der Waals surface area contributed by atoms with Crippen molar-refractivity contribution in [3.05, 3.63) is 57.1 Å². The maximum atomic E-state index is 14.3. The second-order valence-electron chi connectivity index (χ2n) is 6.33. The monoisotopic (exact) mass is 486 g/mol. The summed E-state index contributed by atoms with van der Waals surface area (Å²) in [5, 5.41) is 2.40. The van der Waals surface area contributed by atoms with Gasteiger partial charge in [-0.1, -0.05) is 12.1 Å². The summed E-state index contributed by atoms with van der Waals surface area (Å²) in [6.07, 6.45) is -12.4. The van der Waals surface area contributed by atoms with E-state index >= 15 is 0 Å². The standard InChI is InChI=1S/C18H14BrF7N2O/c1-8-5-11(16(20,17(21,22)23)18(24,25)26)6-9(2)14(8)28-15(29)10-3-4-12(19)13(27)7-10/h3-7H,27H2,1-2H3,(H,28,29). The lowest BCUT2D eigenvalue weighted by Crippen LogP contribution is -2.50. The highest BCUT2D eigenvalue weighted by Gasteiger charge is 2.73. The molecule has 0 heterocycles. The second-order valence-corrected chi connectivity index (χ2v) is 7.18. The van der Waals surface area contributed by atoms with E-state index in [-0.39, 0.29) is 28.1 Å². The minimum Gasteiger partial charge on any atom is -0.398 e. The minimum atomic E-state index is -6.22. The van der Waals surface area contributed by atoms with E-state index in [1.165, 1.54) is 18.2 Å². The van der Waals surface area contributed by atoms with E-state index < -0.39 is 29.5 Å². The van der Waals surface area contributed by atoms with Crippen molar-refractivity contribution in [2.45, 2.75) is 31.9 Å². The van der Waals surface area contributed by atoms with Crippen molar-refractivity contribution in [2.75, 3.05) is 11.1 Å². The third kappa shape index (κ3) is 4.19. The van der Waals surface area contributed by atoms with Crippen LogP contribution < -0.4 is 11.1 Å². The molecule has 0 aliphatic rings. The number of benzene rings is 2. The molecule has 0 saturated carbocycles. The van der Waals surface area contributed by atoms with Gasteiger partial charge in [-0.2, -0.15) is 26.3 Å². The van der Waals surface area contributed by atoms with Crippen LogP contribution in [0.4, 0.5) is 42.1 Å². The van der Waals surface area contributed by atoms with Crippen molar-refractivity contribution < 1.29 is 35.5 Å². The Morgan fingerprint density at radius 3 is 1.83 bits per heavy atom. The fraction of sp³-hybridized carbons (Fsp3) is 0.278. The molecule has 3 nitrogen and oxygen atoms in total. The average molecular weight is 487 g/mol. The van der Waals surface area contributed by atoms with Gasteiger partial charge in [0.1, 0.15) is 0 Å². The Morgan fingerprint density at radius 2 is 1.41 bits per heavy atom. The number of halogens is 8. The Labute approximate surface area is 169 Å². The first-order valence-corrected chi connectivity index (χ1v) is 8.69. The summed E-state index contributed by atoms with van der Waals surface area (Å²) in [5.74, 6) is -0.693. The van der Waals surface area contributed by atoms with Crippen LogP contribution in [-0.4, -0.2) is 18.3 Å². The van der Waals surface area contributed by atoms with E-state index in [1.807, 2.05) is 0 Å². The van der Waals surface area contributed by atoms with Crippen molar-refractivity contribution in [2.24, 2.45) is 0 Å². The van der Waals surface area contributed by atoms with Gasteiger partial charge in [-0.3, -0.25) is 4.79 Å². The van der Waals surface area contributed by atoms with E-state index in [4.69, 9.17) is 5.73 Å². The molecule has 2 aromatic rings. The summed E-state index contributed by atoms with van der Waals surface area (Å²) >= 11 is 3.15. The summed E-state index contributed by atoms with van der Waals surface area (Å²) < 4.78 is 92.6. The van der Waals surface area contributed by atoms with Crippen molar-refractivity contribution >= 4 is 33.2 Å². The highest BCUT2D eigenvalue weighted by Crippen LogP contribution is 2.53. The number of carbonyl (C=O) groups excluding carboxylic acids is 1. The van der Waals surface area contributed by atoms with Gasteiger partial charge in [0.15, 0.2) is 0 Å². The van der Waals surface area contributed by atoms with Crippen molar-refractivity contribution in [1.29, 1.82) is 0 Å². The van der Waals surface area contributed by atoms with Gasteiger partial charge >= 0.3 is 18.0 Å². The first kappa shape index (κ1) is 23.0. The van der Waals surface area contributed by atoms with Crippen LogP contribution in [0.1, 0.15) is 27.0 Å². The van der Waals surface area contributed by atoms with Gasteiger partial charge < -0.3 is 11.1 Å². The smallest absolute Gasteiger partial charge is 0.398 e. The normalized spacial score (nSPS) is 12.8. The molecule has 2 rings (SSSR count). The number of carbonyl (C=O) groups is 1. The largest absolute Gasteiger partial charge is 0.435 e. The van der Waals surface area contributed by atoms with Crippen LogP contribution in [0.3, 0.4) is 0 Å². The van der Waals surface area contributed by atoms with Gasteiger partial charge in [-0.25, -0.2) is 4.39 Å². The highest BCUT2D eigenvalue weighted by atomic mass is 79.9. The van der Waals surface area contributed by atoms with Crippen LogP contribution in [0.5, 0.6) is 0 Å². The number of rotatable bonds is 3. The van der Waals surface area contributed by atoms with Crippen molar-refractivity contribution in [3.63, 3.8) is 0 Å². The Balaban J connectivity index is 2.48. The topological polar surface area (TPSA) is 55.1 Å². The van der Waals surface area contributed by atoms with Crippen LogP contribution in [0.2, 0.25) is 0 Å². The molecule has 0 bridgehead atoms. The first-order valence-electron chi connectivity index (χ1n) is 7.90. The van der Waals surface area contributed by atoms with Gasteiger partial charge in [0.05, 0.1) is 0 Å². The molecule has 0 saturated heterocycles. The number of anilines is 2. The van der Waals surface area contributed by atoms with Gasteiger partial charge in [-0.15, -0.1) is 0 Å². The van der Waals surface area contributed by atoms with Crippen LogP contribution in [0.15, 0.2) is 34.8 Å². The molecule has 0 aromatic heterocycles. The molecule has 0 aliphatic carbocycles. The first-order chi connectivity index (χ1) is 13.1. The Kier molecular flexibility index (Phi) is 5.95. The van der Waals surface area contributed by atoms with Crippen molar-refractivity contribution in [1.82, 2.24) is 0 Å². The molecule has 3 N–H and O–H groups in total. The predicted octanol–water partition coefficient (Wildman–Crippen LogP) is 6.19. The molecule has 1 amide bonds. The second kappa shape index (κ2) is 7.51. The molecule has 11 heteroatoms. The predicted molar refractivity (Wildman–Crippen MR) is 97.3 cm³/mol. The number of nitrogens with one attached hydrogen (secondary N) is 1. The number of nitrogen functional groups attached to an aromatic ring is 1. The van der Waals surface area contributed by atoms with Gasteiger partial charge in [0.25, 0.3) is 5.91 Å². The van der Waals surface area contributed by atoms with E-state index in [9.17, 15) is 35.5 Å². The lowest BCUT2D eigenvalue weighted by Gasteiger charge is -2.31. The Bertz CT molecular complexity index is 917.